The van der Waals surface area contributed by atoms with Gasteiger partial charge in [0.1, 0.15) is 0 Å². The Labute approximate surface area is 203 Å². The minimum Gasteiger partial charge on any atom is -0.481 e. The van der Waals surface area contributed by atoms with Crippen LogP contribution in [0.15, 0.2) is 83.0 Å². The highest BCUT2D eigenvalue weighted by Crippen LogP contribution is 2.19. The van der Waals surface area contributed by atoms with Gasteiger partial charge in [0.25, 0.3) is 0 Å². The number of hydrogen-bond donors (Lipinski definition) is 1. The van der Waals surface area contributed by atoms with E-state index in [2.05, 4.69) is 30.1 Å². The number of aliphatic carboxylic acids is 1. The van der Waals surface area contributed by atoms with Crippen LogP contribution in [0.4, 0.5) is 0 Å². The number of nitrogens with zero attached hydrogens (tertiary/aromatic N) is 1. The summed E-state index contributed by atoms with van der Waals surface area (Å²) in [4.78, 5) is 26.4. The summed E-state index contributed by atoms with van der Waals surface area (Å²) in [5.41, 5.74) is 3.08. The molecule has 0 aromatic heterocycles. The number of hydrogen-bond acceptors (Lipinski definition) is 4. The Morgan fingerprint density at radius 2 is 1.85 bits per heavy atom. The van der Waals surface area contributed by atoms with Crippen LogP contribution in [0.5, 0.6) is 0 Å². The number of ketones is 1. The zero-order valence-corrected chi connectivity index (χ0v) is 21.1. The highest BCUT2D eigenvalue weighted by molar-refractivity contribution is 8.00. The fourth-order valence-electron chi connectivity index (χ4n) is 2.96. The normalized spacial score (nSPS) is 13.2. The second kappa shape index (κ2) is 16.8. The lowest BCUT2D eigenvalue weighted by Crippen LogP contribution is -2.26. The lowest BCUT2D eigenvalue weighted by Gasteiger charge is -2.19. The molecule has 0 saturated heterocycles. The Morgan fingerprint density at radius 3 is 2.52 bits per heavy atom. The van der Waals surface area contributed by atoms with Gasteiger partial charge in [-0.25, -0.2) is 0 Å². The summed E-state index contributed by atoms with van der Waals surface area (Å²) < 4.78 is 0. The molecule has 0 aliphatic heterocycles. The summed E-state index contributed by atoms with van der Waals surface area (Å²) in [5, 5.41) is 8.75. The molecule has 1 N–H and O–H groups in total. The van der Waals surface area contributed by atoms with E-state index in [-0.39, 0.29) is 11.5 Å². The summed E-state index contributed by atoms with van der Waals surface area (Å²) >= 11 is 1.31. The van der Waals surface area contributed by atoms with E-state index < -0.39 is 5.97 Å². The Hall–Kier alpha value is -2.79. The van der Waals surface area contributed by atoms with Gasteiger partial charge in [-0.05, 0) is 50.1 Å². The first-order valence-electron chi connectivity index (χ1n) is 11.6. The summed E-state index contributed by atoms with van der Waals surface area (Å²) in [6.45, 7) is 9.27. The topological polar surface area (TPSA) is 57.6 Å². The fraction of sp³-hybridized carbons (Fsp3) is 0.357. The first kappa shape index (κ1) is 28.2. The number of rotatable bonds is 12. The highest BCUT2D eigenvalue weighted by atomic mass is 32.2. The minimum absolute atomic E-state index is 0.0676. The zero-order valence-electron chi connectivity index (χ0n) is 20.3. The van der Waals surface area contributed by atoms with Gasteiger partial charge in [-0.1, -0.05) is 81.0 Å². The smallest absolute Gasteiger partial charge is 0.313 e. The molecule has 1 aliphatic rings. The van der Waals surface area contributed by atoms with Crippen molar-refractivity contribution in [3.63, 3.8) is 0 Å². The maximum atomic E-state index is 12.7. The summed E-state index contributed by atoms with van der Waals surface area (Å²) in [7, 11) is 0. The van der Waals surface area contributed by atoms with Crippen molar-refractivity contribution in [3.05, 3.63) is 83.6 Å². The molecule has 1 aromatic carbocycles. The van der Waals surface area contributed by atoms with E-state index in [1.165, 1.54) is 11.8 Å². The second-order valence-electron chi connectivity index (χ2n) is 7.34. The van der Waals surface area contributed by atoms with Crippen LogP contribution in [0, 0.1) is 0 Å². The van der Waals surface area contributed by atoms with Gasteiger partial charge in [0.15, 0.2) is 5.78 Å². The maximum Gasteiger partial charge on any atom is 0.313 e. The van der Waals surface area contributed by atoms with E-state index in [9.17, 15) is 9.59 Å². The van der Waals surface area contributed by atoms with Crippen LogP contribution in [0.25, 0.3) is 6.08 Å². The standard InChI is InChI=1S/C26H31NO3S.C2H6/c1-3-4-17-27(19-25(28)23-10-7-8-21(2)11-14-23)18-6-5-9-22-12-15-24(16-13-22)31-20-26(29)30;1-2/h4-5,7-9,11-17H,3,6,10,18-20H2,1-2H3,(H,29,30);1-2H3/b9-5+,17-4-;. The largest absolute Gasteiger partial charge is 0.481 e. The SMILES string of the molecule is CC.CC/C=C\N(CC/C=C/c1ccc(SCC(=O)O)cc1)CC(=O)C1=CC=C(C)C=CC1. The molecule has 178 valence electrons. The first-order valence-corrected chi connectivity index (χ1v) is 12.6. The van der Waals surface area contributed by atoms with Crippen molar-refractivity contribution in [2.75, 3.05) is 18.8 Å². The van der Waals surface area contributed by atoms with Crippen LogP contribution in [-0.4, -0.2) is 40.6 Å². The van der Waals surface area contributed by atoms with Gasteiger partial charge in [0.2, 0.25) is 0 Å². The van der Waals surface area contributed by atoms with Crippen LogP contribution in [-0.2, 0) is 9.59 Å². The molecular weight excluding hydrogens is 430 g/mol. The minimum atomic E-state index is -0.812. The van der Waals surface area contributed by atoms with Crippen LogP contribution < -0.4 is 0 Å². The third kappa shape index (κ3) is 12.1. The van der Waals surface area contributed by atoms with E-state index >= 15 is 0 Å². The third-order valence-electron chi connectivity index (χ3n) is 4.66. The van der Waals surface area contributed by atoms with Gasteiger partial charge in [-0.3, -0.25) is 9.59 Å². The van der Waals surface area contributed by atoms with Crippen LogP contribution in [0.1, 0.15) is 52.5 Å². The van der Waals surface area contributed by atoms with Crippen molar-refractivity contribution in [1.29, 1.82) is 0 Å². The van der Waals surface area contributed by atoms with Gasteiger partial charge in [-0.2, -0.15) is 0 Å². The number of benzene rings is 1. The van der Waals surface area contributed by atoms with Gasteiger partial charge in [0.05, 0.1) is 12.3 Å². The quantitative estimate of drug-likeness (QED) is 0.338. The molecule has 2 rings (SSSR count). The Bertz CT molecular complexity index is 892. The maximum absolute atomic E-state index is 12.7. The third-order valence-corrected chi connectivity index (χ3v) is 5.66. The average molecular weight is 468 g/mol. The molecule has 4 nitrogen and oxygen atoms in total. The van der Waals surface area contributed by atoms with E-state index in [0.717, 1.165) is 41.0 Å². The number of carboxylic acids is 1. The number of Topliss-reactive ketones (excluding diaryl/α,β-unsaturated/α-hetero) is 1. The number of carbonyl (C=O) groups is 2. The number of allylic oxidation sites excluding steroid dienone is 6. The predicted octanol–water partition coefficient (Wildman–Crippen LogP) is 6.92. The molecule has 0 unspecified atom stereocenters. The molecule has 1 aromatic rings. The van der Waals surface area contributed by atoms with Crippen molar-refractivity contribution in [1.82, 2.24) is 4.90 Å². The van der Waals surface area contributed by atoms with Gasteiger partial charge in [0, 0.05) is 17.0 Å². The lowest BCUT2D eigenvalue weighted by molar-refractivity contribution is -0.133. The summed E-state index contributed by atoms with van der Waals surface area (Å²) in [6.07, 6.45) is 18.7. The molecule has 0 heterocycles. The molecule has 0 bridgehead atoms. The number of carboxylic acid groups (broad SMARTS) is 1. The van der Waals surface area contributed by atoms with Crippen LogP contribution in [0.3, 0.4) is 0 Å². The van der Waals surface area contributed by atoms with Crippen LogP contribution in [0.2, 0.25) is 0 Å². The van der Waals surface area contributed by atoms with Gasteiger partial charge in [-0.15, -0.1) is 11.8 Å². The molecule has 0 spiro atoms. The monoisotopic (exact) mass is 467 g/mol. The van der Waals surface area contributed by atoms with E-state index in [0.29, 0.717) is 13.0 Å². The molecule has 0 atom stereocenters. The van der Waals surface area contributed by atoms with Crippen molar-refractivity contribution >= 4 is 29.6 Å². The fourth-order valence-corrected chi connectivity index (χ4v) is 3.58. The number of thioether (sulfide) groups is 1. The average Bonchev–Trinajstić information content (AvgIpc) is 3.05. The molecule has 1 aliphatic carbocycles. The van der Waals surface area contributed by atoms with Crippen molar-refractivity contribution in [3.8, 4) is 0 Å². The van der Waals surface area contributed by atoms with Gasteiger partial charge < -0.3 is 10.0 Å². The Kier molecular flexibility index (Phi) is 14.4. The molecule has 5 heteroatoms. The second-order valence-corrected chi connectivity index (χ2v) is 8.39. The van der Waals surface area contributed by atoms with Crippen molar-refractivity contribution in [2.24, 2.45) is 0 Å². The molecule has 0 amide bonds. The molecular formula is C28H37NO3S. The summed E-state index contributed by atoms with van der Waals surface area (Å²) in [5.74, 6) is -0.583. The zero-order chi connectivity index (χ0) is 24.5. The van der Waals surface area contributed by atoms with E-state index in [4.69, 9.17) is 5.11 Å². The molecule has 0 radical (unpaired) electrons. The van der Waals surface area contributed by atoms with E-state index in [1.54, 1.807) is 0 Å². The molecule has 33 heavy (non-hydrogen) atoms. The summed E-state index contributed by atoms with van der Waals surface area (Å²) in [6, 6.07) is 7.85. The van der Waals surface area contributed by atoms with Crippen LogP contribution >= 0.6 is 11.8 Å². The molecule has 0 saturated carbocycles. The van der Waals surface area contributed by atoms with Gasteiger partial charge >= 0.3 is 5.97 Å². The predicted molar refractivity (Wildman–Crippen MR) is 141 cm³/mol. The molecule has 0 fully saturated rings. The Morgan fingerprint density at radius 1 is 1.12 bits per heavy atom. The Balaban J connectivity index is 0.00000265. The van der Waals surface area contributed by atoms with Crippen molar-refractivity contribution in [2.45, 2.75) is 51.9 Å². The van der Waals surface area contributed by atoms with Crippen molar-refractivity contribution < 1.29 is 14.7 Å². The van der Waals surface area contributed by atoms with E-state index in [1.807, 2.05) is 75.5 Å². The first-order chi connectivity index (χ1) is 16.0. The number of carbonyl (C=O) groups excluding carboxylic acids is 1. The highest BCUT2D eigenvalue weighted by Gasteiger charge is 2.12. The lowest BCUT2D eigenvalue weighted by atomic mass is 10.1.